The van der Waals surface area contributed by atoms with E-state index in [1.54, 1.807) is 32.0 Å². The molecular weight excluding hydrogens is 723 g/mol. The Hall–Kier alpha value is -5.59. The molecule has 5 N–H and O–H groups in total. The Morgan fingerprint density at radius 2 is 1.29 bits per heavy atom. The number of esters is 2. The van der Waals surface area contributed by atoms with Gasteiger partial charge in [0.2, 0.25) is 0 Å². The van der Waals surface area contributed by atoms with Gasteiger partial charge in [-0.05, 0) is 31.5 Å². The van der Waals surface area contributed by atoms with Crippen molar-refractivity contribution in [3.63, 3.8) is 0 Å². The number of aryl methyl sites for hydroxylation is 2. The zero-order valence-corrected chi connectivity index (χ0v) is 29.9. The number of carbonyl (C=O) groups excluding carboxylic acids is 5. The Balaban J connectivity index is 0.000000251. The van der Waals surface area contributed by atoms with Crippen LogP contribution in [-0.4, -0.2) is 79.2 Å². The van der Waals surface area contributed by atoms with Crippen molar-refractivity contribution in [2.24, 2.45) is 5.73 Å². The summed E-state index contributed by atoms with van der Waals surface area (Å²) < 4.78 is 42.5. The number of rotatable bonds is 11. The molecule has 3 amide bonds. The van der Waals surface area contributed by atoms with Crippen LogP contribution in [0.3, 0.4) is 0 Å². The van der Waals surface area contributed by atoms with E-state index in [0.717, 1.165) is 40.6 Å². The van der Waals surface area contributed by atoms with Gasteiger partial charge in [0.1, 0.15) is 30.3 Å². The Bertz CT molecular complexity index is 2090. The van der Waals surface area contributed by atoms with Crippen molar-refractivity contribution in [2.45, 2.75) is 32.5 Å². The van der Waals surface area contributed by atoms with Gasteiger partial charge in [-0.15, -0.1) is 22.7 Å². The number of methoxy groups -OCH3 is 2. The third kappa shape index (κ3) is 10.0. The van der Waals surface area contributed by atoms with Crippen LogP contribution in [0.5, 0.6) is 0 Å². The van der Waals surface area contributed by atoms with Crippen LogP contribution in [0.25, 0.3) is 20.4 Å². The van der Waals surface area contributed by atoms with Crippen LogP contribution in [-0.2, 0) is 30.4 Å². The summed E-state index contributed by atoms with van der Waals surface area (Å²) in [6, 6.07) is 10.1. The minimum absolute atomic E-state index is 0.0254. The van der Waals surface area contributed by atoms with Crippen LogP contribution in [0.2, 0.25) is 0 Å². The molecular formula is C34H34F2N6O8S2. The number of carbonyl (C=O) groups is 5. The number of hydrogen-bond donors (Lipinski definition) is 4. The lowest BCUT2D eigenvalue weighted by molar-refractivity contribution is -0.143. The van der Waals surface area contributed by atoms with Gasteiger partial charge in [0, 0.05) is 24.2 Å². The van der Waals surface area contributed by atoms with E-state index in [-0.39, 0.29) is 19.7 Å². The van der Waals surface area contributed by atoms with E-state index in [1.165, 1.54) is 20.3 Å². The smallest absolute Gasteiger partial charge is 0.408 e. The number of benzene rings is 1. The number of fused-ring (bicyclic) bond motifs is 2. The molecule has 0 saturated carbocycles. The average molecular weight is 757 g/mol. The summed E-state index contributed by atoms with van der Waals surface area (Å²) in [5.41, 5.74) is 8.23. The van der Waals surface area contributed by atoms with E-state index in [1.807, 2.05) is 18.2 Å². The van der Waals surface area contributed by atoms with E-state index >= 15 is 0 Å². The third-order valence-electron chi connectivity index (χ3n) is 7.35. The molecule has 0 radical (unpaired) electrons. The molecule has 0 aliphatic heterocycles. The summed E-state index contributed by atoms with van der Waals surface area (Å²) >= 11 is 2.23. The number of nitrogens with one attached hydrogen (secondary N) is 3. The number of alkyl carbamates (subject to hydrolysis) is 1. The van der Waals surface area contributed by atoms with Crippen LogP contribution in [0, 0.1) is 25.5 Å². The molecule has 4 aromatic heterocycles. The first-order valence-corrected chi connectivity index (χ1v) is 17.0. The zero-order valence-electron chi connectivity index (χ0n) is 28.3. The van der Waals surface area contributed by atoms with E-state index in [9.17, 15) is 32.8 Å². The standard InChI is InChI=1S/C21H20FN3O5S.C13H14FN3O3S/c1-12-14(22)9-23-15-8-17(31-18(12)15)19(26)24-10-16(20(27)29-2)25-21(28)30-11-13-6-4-3-5-7-13;1-6-7(14)4-16-9-3-10(21-11(6)9)12(18)17-5-8(15)13(19)20-2/h3-9,16H,10-11H2,1-2H3,(H,24,26)(H,25,28);3-4,8H,5,15H2,1-2H3,(H,17,18)/t16-;8-/m11/s1. The monoisotopic (exact) mass is 756 g/mol. The predicted molar refractivity (Wildman–Crippen MR) is 189 cm³/mol. The van der Waals surface area contributed by atoms with Gasteiger partial charge in [0.05, 0.1) is 56.8 Å². The molecule has 274 valence electrons. The minimum Gasteiger partial charge on any atom is -0.468 e. The fourth-order valence-electron chi connectivity index (χ4n) is 4.43. The van der Waals surface area contributed by atoms with E-state index in [2.05, 4.69) is 35.4 Å². The fourth-order valence-corrected chi connectivity index (χ4v) is 6.47. The average Bonchev–Trinajstić information content (AvgIpc) is 3.80. The highest BCUT2D eigenvalue weighted by molar-refractivity contribution is 7.21. The second kappa shape index (κ2) is 18.1. The van der Waals surface area contributed by atoms with Gasteiger partial charge in [-0.2, -0.15) is 0 Å². The third-order valence-corrected chi connectivity index (χ3v) is 9.83. The highest BCUT2D eigenvalue weighted by atomic mass is 32.1. The maximum absolute atomic E-state index is 13.7. The van der Waals surface area contributed by atoms with Gasteiger partial charge in [0.25, 0.3) is 11.8 Å². The molecule has 0 bridgehead atoms. The normalized spacial score (nSPS) is 11.8. The van der Waals surface area contributed by atoms with Gasteiger partial charge < -0.3 is 35.9 Å². The van der Waals surface area contributed by atoms with Crippen molar-refractivity contribution in [1.82, 2.24) is 25.9 Å². The van der Waals surface area contributed by atoms with Crippen molar-refractivity contribution in [3.8, 4) is 0 Å². The number of aromatic nitrogens is 2. The minimum atomic E-state index is -1.15. The highest BCUT2D eigenvalue weighted by Crippen LogP contribution is 2.29. The Kier molecular flexibility index (Phi) is 13.6. The molecule has 0 spiro atoms. The van der Waals surface area contributed by atoms with E-state index < -0.39 is 53.6 Å². The SMILES string of the molecule is COC(=O)[C@@H](CNC(=O)c1cc2ncc(F)c(C)c2s1)NC(=O)OCc1ccccc1.COC(=O)[C@H](N)CNC(=O)c1cc2ncc(F)c(C)c2s1. The molecule has 2 atom stereocenters. The Morgan fingerprint density at radius 3 is 1.79 bits per heavy atom. The number of thiophene rings is 2. The number of ether oxygens (including phenoxy) is 3. The maximum atomic E-state index is 13.7. The Labute approximate surface area is 303 Å². The van der Waals surface area contributed by atoms with Gasteiger partial charge in [-0.25, -0.2) is 18.4 Å². The number of halogens is 2. The molecule has 0 unspecified atom stereocenters. The Morgan fingerprint density at radius 1 is 0.788 bits per heavy atom. The van der Waals surface area contributed by atoms with Crippen LogP contribution >= 0.6 is 22.7 Å². The summed E-state index contributed by atoms with van der Waals surface area (Å²) in [5, 5.41) is 7.48. The van der Waals surface area contributed by atoms with Crippen molar-refractivity contribution < 1.29 is 47.0 Å². The highest BCUT2D eigenvalue weighted by Gasteiger charge is 2.24. The molecule has 14 nitrogen and oxygen atoms in total. The molecule has 0 aliphatic rings. The largest absolute Gasteiger partial charge is 0.468 e. The van der Waals surface area contributed by atoms with Gasteiger partial charge >= 0.3 is 18.0 Å². The first-order chi connectivity index (χ1) is 24.8. The summed E-state index contributed by atoms with van der Waals surface area (Å²) in [6.45, 7) is 3.00. The molecule has 0 fully saturated rings. The second-order valence-corrected chi connectivity index (χ2v) is 13.0. The molecule has 4 heterocycles. The van der Waals surface area contributed by atoms with E-state index in [4.69, 9.17) is 10.5 Å². The molecule has 0 saturated heterocycles. The zero-order chi connectivity index (χ0) is 37.9. The summed E-state index contributed by atoms with van der Waals surface area (Å²) in [7, 11) is 2.39. The molecule has 5 rings (SSSR count). The number of amides is 3. The van der Waals surface area contributed by atoms with Crippen molar-refractivity contribution >= 4 is 73.0 Å². The van der Waals surface area contributed by atoms with Gasteiger partial charge in [-0.1, -0.05) is 30.3 Å². The first-order valence-electron chi connectivity index (χ1n) is 15.4. The quantitative estimate of drug-likeness (QED) is 0.113. The topological polar surface area (TPSA) is 201 Å². The molecule has 18 heteroatoms. The summed E-state index contributed by atoms with van der Waals surface area (Å²) in [4.78, 5) is 68.3. The number of nitrogens with zero attached hydrogens (tertiary/aromatic N) is 2. The predicted octanol–water partition coefficient (Wildman–Crippen LogP) is 3.92. The molecule has 1 aromatic carbocycles. The van der Waals surface area contributed by atoms with Gasteiger partial charge in [-0.3, -0.25) is 24.4 Å². The molecule has 5 aromatic rings. The number of pyridine rings is 2. The lowest BCUT2D eigenvalue weighted by Crippen LogP contribution is -2.49. The number of hydrogen-bond acceptors (Lipinski definition) is 13. The van der Waals surface area contributed by atoms with Crippen LogP contribution < -0.4 is 21.7 Å². The van der Waals surface area contributed by atoms with Gasteiger partial charge in [0.15, 0.2) is 0 Å². The fraction of sp³-hybridized carbons (Fsp3) is 0.265. The lowest BCUT2D eigenvalue weighted by Gasteiger charge is -2.17. The van der Waals surface area contributed by atoms with Crippen LogP contribution in [0.15, 0.2) is 54.9 Å². The van der Waals surface area contributed by atoms with Crippen LogP contribution in [0.4, 0.5) is 13.6 Å². The number of nitrogens with two attached hydrogens (primary N) is 1. The molecule has 0 aliphatic carbocycles. The maximum Gasteiger partial charge on any atom is 0.408 e. The molecule has 52 heavy (non-hydrogen) atoms. The summed E-state index contributed by atoms with van der Waals surface area (Å²) in [6.07, 6.45) is 1.40. The van der Waals surface area contributed by atoms with Crippen molar-refractivity contribution in [3.05, 3.63) is 92.9 Å². The van der Waals surface area contributed by atoms with Crippen molar-refractivity contribution in [2.75, 3.05) is 27.3 Å². The van der Waals surface area contributed by atoms with E-state index in [0.29, 0.717) is 41.3 Å². The lowest BCUT2D eigenvalue weighted by atomic mass is 10.2. The second-order valence-electron chi connectivity index (χ2n) is 10.9. The first kappa shape index (κ1) is 39.2. The van der Waals surface area contributed by atoms with Crippen molar-refractivity contribution in [1.29, 1.82) is 0 Å². The van der Waals surface area contributed by atoms with Crippen LogP contribution in [0.1, 0.15) is 36.0 Å². The summed E-state index contributed by atoms with van der Waals surface area (Å²) in [5.74, 6) is -3.10.